The maximum atomic E-state index is 11.6. The molecule has 2 rings (SSSR count). The Morgan fingerprint density at radius 3 is 2.60 bits per heavy atom. The number of carbonyl (C=O) groups excluding carboxylic acids is 1. The molecular formula is C16H25N3O. The van der Waals surface area contributed by atoms with Crippen molar-refractivity contribution in [3.05, 3.63) is 29.3 Å². The fourth-order valence-electron chi connectivity index (χ4n) is 2.72. The van der Waals surface area contributed by atoms with Gasteiger partial charge in [0.2, 0.25) is 0 Å². The zero-order valence-corrected chi connectivity index (χ0v) is 13.0. The van der Waals surface area contributed by atoms with Gasteiger partial charge in [-0.3, -0.25) is 0 Å². The van der Waals surface area contributed by atoms with Crippen molar-refractivity contribution in [2.24, 2.45) is 11.8 Å². The Morgan fingerprint density at radius 2 is 2.00 bits per heavy atom. The Balaban J connectivity index is 2.30. The van der Waals surface area contributed by atoms with Crippen molar-refractivity contribution in [3.8, 4) is 0 Å². The highest BCUT2D eigenvalue weighted by atomic mass is 16.2. The number of anilines is 1. The average molecular weight is 275 g/mol. The number of urea groups is 1. The number of benzene rings is 1. The average Bonchev–Trinajstić information content (AvgIpc) is 2.41. The second-order valence-electron chi connectivity index (χ2n) is 6.07. The van der Waals surface area contributed by atoms with E-state index in [1.807, 2.05) is 20.2 Å². The van der Waals surface area contributed by atoms with Crippen molar-refractivity contribution in [3.63, 3.8) is 0 Å². The molecule has 0 saturated carbocycles. The fraction of sp³-hybridized carbons (Fsp3) is 0.562. The molecule has 0 radical (unpaired) electrons. The standard InChI is InChI=1S/C16H25N3O/c1-10(2)11(3)15(17-4)12-6-7-14-13(8-12)9-19(5)16(20)18-14/h6-8,10-11,15,17H,9H2,1-5H3,(H,18,20). The molecule has 2 unspecified atom stereocenters. The summed E-state index contributed by atoms with van der Waals surface area (Å²) < 4.78 is 0. The maximum Gasteiger partial charge on any atom is 0.321 e. The van der Waals surface area contributed by atoms with Crippen LogP contribution >= 0.6 is 0 Å². The molecule has 2 N–H and O–H groups in total. The van der Waals surface area contributed by atoms with Gasteiger partial charge in [0.1, 0.15) is 0 Å². The van der Waals surface area contributed by atoms with Gasteiger partial charge in [0, 0.05) is 25.3 Å². The molecule has 0 aliphatic carbocycles. The molecule has 1 aromatic carbocycles. The summed E-state index contributed by atoms with van der Waals surface area (Å²) in [6.07, 6.45) is 0. The van der Waals surface area contributed by atoms with Gasteiger partial charge in [-0.05, 0) is 36.1 Å². The van der Waals surface area contributed by atoms with Gasteiger partial charge in [0.25, 0.3) is 0 Å². The first-order valence-corrected chi connectivity index (χ1v) is 7.26. The Morgan fingerprint density at radius 1 is 1.30 bits per heavy atom. The lowest BCUT2D eigenvalue weighted by Gasteiger charge is -2.30. The molecule has 0 spiro atoms. The lowest BCUT2D eigenvalue weighted by molar-refractivity contribution is 0.218. The third kappa shape index (κ3) is 2.80. The quantitative estimate of drug-likeness (QED) is 0.886. The first kappa shape index (κ1) is 14.9. The highest BCUT2D eigenvalue weighted by Crippen LogP contribution is 2.31. The highest BCUT2D eigenvalue weighted by Gasteiger charge is 2.24. The minimum absolute atomic E-state index is 0.0361. The van der Waals surface area contributed by atoms with Crippen LogP contribution in [0.4, 0.5) is 10.5 Å². The predicted molar refractivity (Wildman–Crippen MR) is 82.7 cm³/mol. The van der Waals surface area contributed by atoms with E-state index in [1.54, 1.807) is 4.90 Å². The van der Waals surface area contributed by atoms with E-state index in [-0.39, 0.29) is 6.03 Å². The van der Waals surface area contributed by atoms with E-state index < -0.39 is 0 Å². The van der Waals surface area contributed by atoms with E-state index in [1.165, 1.54) is 11.1 Å². The lowest BCUT2D eigenvalue weighted by atomic mass is 9.85. The Kier molecular flexibility index (Phi) is 4.33. The van der Waals surface area contributed by atoms with E-state index in [0.29, 0.717) is 24.4 Å². The number of hydrogen-bond donors (Lipinski definition) is 2. The van der Waals surface area contributed by atoms with Gasteiger partial charge >= 0.3 is 6.03 Å². The van der Waals surface area contributed by atoms with Crippen LogP contribution in [0.1, 0.15) is 37.9 Å². The SMILES string of the molecule is CNC(c1ccc2c(c1)CN(C)C(=O)N2)C(C)C(C)C. The van der Waals surface area contributed by atoms with Gasteiger partial charge < -0.3 is 15.5 Å². The second kappa shape index (κ2) is 5.83. The summed E-state index contributed by atoms with van der Waals surface area (Å²) in [6.45, 7) is 7.45. The zero-order valence-electron chi connectivity index (χ0n) is 13.0. The van der Waals surface area contributed by atoms with Crippen molar-refractivity contribution in [2.45, 2.75) is 33.4 Å². The first-order valence-electron chi connectivity index (χ1n) is 7.26. The summed E-state index contributed by atoms with van der Waals surface area (Å²) in [6, 6.07) is 6.65. The largest absolute Gasteiger partial charge is 0.323 e. The summed E-state index contributed by atoms with van der Waals surface area (Å²) in [5.41, 5.74) is 3.40. The van der Waals surface area contributed by atoms with E-state index in [0.717, 1.165) is 5.69 Å². The number of hydrogen-bond acceptors (Lipinski definition) is 2. The van der Waals surface area contributed by atoms with Crippen LogP contribution in [-0.4, -0.2) is 25.0 Å². The third-order valence-electron chi connectivity index (χ3n) is 4.37. The molecule has 0 aromatic heterocycles. The second-order valence-corrected chi connectivity index (χ2v) is 6.07. The van der Waals surface area contributed by atoms with Crippen molar-refractivity contribution in [1.29, 1.82) is 0 Å². The van der Waals surface area contributed by atoms with Gasteiger partial charge in [-0.25, -0.2) is 4.79 Å². The van der Waals surface area contributed by atoms with E-state index in [9.17, 15) is 4.79 Å². The molecule has 2 amide bonds. The van der Waals surface area contributed by atoms with Gasteiger partial charge in [0.15, 0.2) is 0 Å². The van der Waals surface area contributed by atoms with Crippen LogP contribution in [0, 0.1) is 11.8 Å². The minimum Gasteiger partial charge on any atom is -0.323 e. The van der Waals surface area contributed by atoms with Gasteiger partial charge in [-0.15, -0.1) is 0 Å². The van der Waals surface area contributed by atoms with Crippen molar-refractivity contribution < 1.29 is 4.79 Å². The molecule has 2 atom stereocenters. The predicted octanol–water partition coefficient (Wildman–Crippen LogP) is 3.22. The Hall–Kier alpha value is -1.55. The molecule has 110 valence electrons. The van der Waals surface area contributed by atoms with Gasteiger partial charge in [0.05, 0.1) is 0 Å². The number of fused-ring (bicyclic) bond motifs is 1. The highest BCUT2D eigenvalue weighted by molar-refractivity contribution is 5.92. The normalized spacial score (nSPS) is 17.7. The number of amides is 2. The Bertz CT molecular complexity index is 498. The number of carbonyl (C=O) groups is 1. The molecule has 4 nitrogen and oxygen atoms in total. The fourth-order valence-corrected chi connectivity index (χ4v) is 2.72. The minimum atomic E-state index is -0.0361. The topological polar surface area (TPSA) is 44.4 Å². The molecular weight excluding hydrogens is 250 g/mol. The monoisotopic (exact) mass is 275 g/mol. The van der Waals surface area contributed by atoms with Crippen LogP contribution in [0.5, 0.6) is 0 Å². The summed E-state index contributed by atoms with van der Waals surface area (Å²) in [5.74, 6) is 1.17. The van der Waals surface area contributed by atoms with Crippen molar-refractivity contribution in [2.75, 3.05) is 19.4 Å². The molecule has 1 aromatic rings. The number of rotatable bonds is 4. The molecule has 4 heteroatoms. The van der Waals surface area contributed by atoms with Crippen molar-refractivity contribution >= 4 is 11.7 Å². The molecule has 0 bridgehead atoms. The zero-order chi connectivity index (χ0) is 14.9. The van der Waals surface area contributed by atoms with Crippen LogP contribution in [-0.2, 0) is 6.54 Å². The molecule has 1 aliphatic heterocycles. The first-order chi connectivity index (χ1) is 9.43. The van der Waals surface area contributed by atoms with E-state index >= 15 is 0 Å². The van der Waals surface area contributed by atoms with Crippen LogP contribution in [0.25, 0.3) is 0 Å². The smallest absolute Gasteiger partial charge is 0.321 e. The van der Waals surface area contributed by atoms with Gasteiger partial charge in [-0.1, -0.05) is 32.9 Å². The summed E-state index contributed by atoms with van der Waals surface area (Å²) in [4.78, 5) is 13.3. The number of nitrogens with zero attached hydrogens (tertiary/aromatic N) is 1. The lowest BCUT2D eigenvalue weighted by Crippen LogP contribution is -2.35. The maximum absolute atomic E-state index is 11.6. The van der Waals surface area contributed by atoms with Crippen LogP contribution in [0.2, 0.25) is 0 Å². The summed E-state index contributed by atoms with van der Waals surface area (Å²) in [5, 5.41) is 6.34. The third-order valence-corrected chi connectivity index (χ3v) is 4.37. The van der Waals surface area contributed by atoms with Crippen molar-refractivity contribution in [1.82, 2.24) is 10.2 Å². The van der Waals surface area contributed by atoms with Crippen LogP contribution in [0.15, 0.2) is 18.2 Å². The summed E-state index contributed by atoms with van der Waals surface area (Å²) >= 11 is 0. The molecule has 20 heavy (non-hydrogen) atoms. The van der Waals surface area contributed by atoms with Crippen LogP contribution in [0.3, 0.4) is 0 Å². The van der Waals surface area contributed by atoms with Crippen LogP contribution < -0.4 is 10.6 Å². The molecule has 1 heterocycles. The Labute approximate surface area is 121 Å². The van der Waals surface area contributed by atoms with E-state index in [2.05, 4.69) is 43.5 Å². The molecule has 0 saturated heterocycles. The van der Waals surface area contributed by atoms with Gasteiger partial charge in [-0.2, -0.15) is 0 Å². The number of nitrogens with one attached hydrogen (secondary N) is 2. The van der Waals surface area contributed by atoms with E-state index in [4.69, 9.17) is 0 Å². The molecule has 0 fully saturated rings. The molecule has 1 aliphatic rings. The summed E-state index contributed by atoms with van der Waals surface area (Å²) in [7, 11) is 3.83.